The summed E-state index contributed by atoms with van der Waals surface area (Å²) in [5.41, 5.74) is 1.39. The molecule has 28 heavy (non-hydrogen) atoms. The third-order valence-corrected chi connectivity index (χ3v) is 4.77. The molecule has 0 spiro atoms. The van der Waals surface area contributed by atoms with Crippen molar-refractivity contribution in [3.05, 3.63) is 53.6 Å². The highest BCUT2D eigenvalue weighted by Crippen LogP contribution is 2.26. The van der Waals surface area contributed by atoms with Crippen molar-refractivity contribution in [2.24, 2.45) is 0 Å². The lowest BCUT2D eigenvalue weighted by Gasteiger charge is -2.19. The average molecular weight is 385 g/mol. The van der Waals surface area contributed by atoms with Crippen LogP contribution in [0.2, 0.25) is 0 Å². The van der Waals surface area contributed by atoms with Crippen LogP contribution in [0.25, 0.3) is 0 Å². The number of ether oxygens (including phenoxy) is 2. The summed E-state index contributed by atoms with van der Waals surface area (Å²) < 4.78 is 10.6. The molecular weight excluding hydrogens is 358 g/mol. The smallest absolute Gasteiger partial charge is 0.313 e. The quantitative estimate of drug-likeness (QED) is 0.681. The Labute approximate surface area is 165 Å². The molecule has 0 aliphatic heterocycles. The van der Waals surface area contributed by atoms with Crippen LogP contribution < -0.4 is 14.8 Å². The summed E-state index contributed by atoms with van der Waals surface area (Å²) in [6, 6.07) is 12.6. The summed E-state index contributed by atoms with van der Waals surface area (Å²) >= 11 is 0. The number of carboxylic acid groups (broad SMARTS) is 1. The summed E-state index contributed by atoms with van der Waals surface area (Å²) in [6.07, 6.45) is 1.77. The predicted molar refractivity (Wildman–Crippen MR) is 108 cm³/mol. The van der Waals surface area contributed by atoms with Crippen LogP contribution in [-0.2, 0) is 21.4 Å². The Morgan fingerprint density at radius 2 is 1.71 bits per heavy atom. The number of carboxylic acids is 1. The Bertz CT molecular complexity index is 827. The first kappa shape index (κ1) is 21.3. The lowest BCUT2D eigenvalue weighted by molar-refractivity contribution is -0.142. The predicted octanol–water partition coefficient (Wildman–Crippen LogP) is 4.03. The first-order valence-corrected chi connectivity index (χ1v) is 9.12. The van der Waals surface area contributed by atoms with E-state index in [2.05, 4.69) is 5.32 Å². The third-order valence-electron chi connectivity index (χ3n) is 4.77. The van der Waals surface area contributed by atoms with Crippen molar-refractivity contribution in [2.75, 3.05) is 19.5 Å². The van der Waals surface area contributed by atoms with Crippen molar-refractivity contribution in [3.8, 4) is 11.5 Å². The molecule has 6 nitrogen and oxygen atoms in total. The number of anilines is 1. The number of carbonyl (C=O) groups is 2. The molecule has 0 heterocycles. The minimum atomic E-state index is -0.972. The first-order chi connectivity index (χ1) is 13.3. The summed E-state index contributed by atoms with van der Waals surface area (Å²) in [5, 5.41) is 12.1. The lowest BCUT2D eigenvalue weighted by atomic mass is 9.85. The average Bonchev–Trinajstić information content (AvgIpc) is 2.68. The van der Waals surface area contributed by atoms with Crippen LogP contribution in [-0.4, -0.2) is 31.2 Å². The normalized spacial score (nSPS) is 11.0. The molecule has 150 valence electrons. The Balaban J connectivity index is 1.89. The zero-order valence-electron chi connectivity index (χ0n) is 16.7. The molecule has 1 amide bonds. The molecule has 0 aromatic heterocycles. The number of aryl methyl sites for hydroxylation is 1. The molecule has 2 aromatic rings. The highest BCUT2D eigenvalue weighted by atomic mass is 16.5. The maximum absolute atomic E-state index is 12.2. The van der Waals surface area contributed by atoms with Gasteiger partial charge in [0.25, 0.3) is 0 Å². The van der Waals surface area contributed by atoms with E-state index in [1.165, 1.54) is 0 Å². The van der Waals surface area contributed by atoms with E-state index in [1.807, 2.05) is 18.2 Å². The molecular formula is C22H27NO5. The standard InChI is InChI=1S/C22H27NO5/c1-22(2,21(25)26)16-9-11-17(12-10-16)23-20(24)7-5-6-15-8-13-18(27-3)14-19(15)28-4/h8-14H,5-7H2,1-4H3,(H,23,24)(H,25,26). The van der Waals surface area contributed by atoms with Gasteiger partial charge in [0.2, 0.25) is 5.91 Å². The number of carbonyl (C=O) groups excluding carboxylic acids is 1. The topological polar surface area (TPSA) is 84.9 Å². The maximum Gasteiger partial charge on any atom is 0.313 e. The van der Waals surface area contributed by atoms with Crippen molar-refractivity contribution < 1.29 is 24.2 Å². The van der Waals surface area contributed by atoms with Crippen LogP contribution in [0.4, 0.5) is 5.69 Å². The number of hydrogen-bond donors (Lipinski definition) is 2. The van der Waals surface area contributed by atoms with Gasteiger partial charge < -0.3 is 19.9 Å². The van der Waals surface area contributed by atoms with E-state index in [0.29, 0.717) is 30.5 Å². The fraction of sp³-hybridized carbons (Fsp3) is 0.364. The summed E-state index contributed by atoms with van der Waals surface area (Å²) in [5.74, 6) is 0.500. The monoisotopic (exact) mass is 385 g/mol. The van der Waals surface area contributed by atoms with Crippen LogP contribution >= 0.6 is 0 Å². The molecule has 0 saturated carbocycles. The lowest BCUT2D eigenvalue weighted by Crippen LogP contribution is -2.28. The zero-order valence-corrected chi connectivity index (χ0v) is 16.7. The van der Waals surface area contributed by atoms with Gasteiger partial charge in [0.1, 0.15) is 11.5 Å². The number of aliphatic carboxylic acids is 1. The van der Waals surface area contributed by atoms with Gasteiger partial charge >= 0.3 is 5.97 Å². The number of nitrogens with one attached hydrogen (secondary N) is 1. The van der Waals surface area contributed by atoms with Gasteiger partial charge in [0.05, 0.1) is 19.6 Å². The summed E-state index contributed by atoms with van der Waals surface area (Å²) in [4.78, 5) is 23.5. The Morgan fingerprint density at radius 3 is 2.29 bits per heavy atom. The van der Waals surface area contributed by atoms with Gasteiger partial charge in [-0.2, -0.15) is 0 Å². The van der Waals surface area contributed by atoms with E-state index in [1.54, 1.807) is 52.3 Å². The first-order valence-electron chi connectivity index (χ1n) is 9.12. The van der Waals surface area contributed by atoms with Gasteiger partial charge in [-0.25, -0.2) is 0 Å². The van der Waals surface area contributed by atoms with E-state index in [4.69, 9.17) is 9.47 Å². The van der Waals surface area contributed by atoms with Gasteiger partial charge in [-0.1, -0.05) is 18.2 Å². The zero-order chi connectivity index (χ0) is 20.7. The molecule has 0 saturated heterocycles. The fourth-order valence-corrected chi connectivity index (χ4v) is 2.81. The van der Waals surface area contributed by atoms with Gasteiger partial charge in [0, 0.05) is 18.2 Å². The largest absolute Gasteiger partial charge is 0.497 e. The van der Waals surface area contributed by atoms with E-state index in [0.717, 1.165) is 17.1 Å². The van der Waals surface area contributed by atoms with Crippen molar-refractivity contribution in [1.29, 1.82) is 0 Å². The number of amides is 1. The molecule has 0 atom stereocenters. The molecule has 0 aliphatic carbocycles. The molecule has 0 bridgehead atoms. The molecule has 2 rings (SSSR count). The molecule has 0 aliphatic rings. The summed E-state index contributed by atoms with van der Waals surface area (Å²) in [6.45, 7) is 3.30. The number of benzene rings is 2. The van der Waals surface area contributed by atoms with Gasteiger partial charge in [-0.3, -0.25) is 9.59 Å². The Hall–Kier alpha value is -3.02. The molecule has 0 unspecified atom stereocenters. The van der Waals surface area contributed by atoms with Crippen LogP contribution in [0.5, 0.6) is 11.5 Å². The van der Waals surface area contributed by atoms with E-state index < -0.39 is 11.4 Å². The highest BCUT2D eigenvalue weighted by Gasteiger charge is 2.29. The van der Waals surface area contributed by atoms with E-state index in [-0.39, 0.29) is 5.91 Å². The van der Waals surface area contributed by atoms with E-state index >= 15 is 0 Å². The minimum absolute atomic E-state index is 0.0854. The van der Waals surface area contributed by atoms with E-state index in [9.17, 15) is 14.7 Å². The highest BCUT2D eigenvalue weighted by molar-refractivity contribution is 5.90. The second-order valence-corrected chi connectivity index (χ2v) is 7.09. The number of methoxy groups -OCH3 is 2. The fourth-order valence-electron chi connectivity index (χ4n) is 2.81. The van der Waals surface area contributed by atoms with Crippen LogP contribution in [0.1, 0.15) is 37.8 Å². The SMILES string of the molecule is COc1ccc(CCCC(=O)Nc2ccc(C(C)(C)C(=O)O)cc2)c(OC)c1. The maximum atomic E-state index is 12.2. The summed E-state index contributed by atoms with van der Waals surface area (Å²) in [7, 11) is 3.22. The molecule has 0 fully saturated rings. The van der Waals surface area contributed by atoms with Crippen molar-refractivity contribution in [3.63, 3.8) is 0 Å². The second-order valence-electron chi connectivity index (χ2n) is 7.09. The van der Waals surface area contributed by atoms with Crippen molar-refractivity contribution in [1.82, 2.24) is 0 Å². The number of hydrogen-bond acceptors (Lipinski definition) is 4. The molecule has 6 heteroatoms. The third kappa shape index (κ3) is 5.25. The van der Waals surface area contributed by atoms with Crippen LogP contribution in [0.3, 0.4) is 0 Å². The van der Waals surface area contributed by atoms with Crippen molar-refractivity contribution in [2.45, 2.75) is 38.5 Å². The number of rotatable bonds is 9. The second kappa shape index (κ2) is 9.26. The molecule has 0 radical (unpaired) electrons. The van der Waals surface area contributed by atoms with Gasteiger partial charge in [-0.15, -0.1) is 0 Å². The van der Waals surface area contributed by atoms with Gasteiger partial charge in [-0.05, 0) is 56.0 Å². The molecule has 2 N–H and O–H groups in total. The van der Waals surface area contributed by atoms with Gasteiger partial charge in [0.15, 0.2) is 0 Å². The van der Waals surface area contributed by atoms with Crippen molar-refractivity contribution >= 4 is 17.6 Å². The van der Waals surface area contributed by atoms with Crippen LogP contribution in [0, 0.1) is 0 Å². The van der Waals surface area contributed by atoms with Crippen LogP contribution in [0.15, 0.2) is 42.5 Å². The molecule has 2 aromatic carbocycles. The minimum Gasteiger partial charge on any atom is -0.497 e. The Kier molecular flexibility index (Phi) is 7.04. The Morgan fingerprint density at radius 1 is 1.04 bits per heavy atom.